The summed E-state index contributed by atoms with van der Waals surface area (Å²) in [6.07, 6.45) is 6.49. The van der Waals surface area contributed by atoms with Crippen LogP contribution in [0.2, 0.25) is 0 Å². The molecular formula is C12H18N2O2S. The van der Waals surface area contributed by atoms with Crippen LogP contribution in [0.1, 0.15) is 25.0 Å². The monoisotopic (exact) mass is 254 g/mol. The van der Waals surface area contributed by atoms with Crippen LogP contribution < -0.4 is 0 Å². The van der Waals surface area contributed by atoms with Crippen molar-refractivity contribution in [1.82, 2.24) is 9.29 Å². The maximum atomic E-state index is 11.7. The highest BCUT2D eigenvalue weighted by molar-refractivity contribution is 7.88. The summed E-state index contributed by atoms with van der Waals surface area (Å²) in [6.45, 7) is 1.02. The third-order valence-corrected chi connectivity index (χ3v) is 4.44. The van der Waals surface area contributed by atoms with Gasteiger partial charge in [-0.15, -0.1) is 0 Å². The zero-order chi connectivity index (χ0) is 12.3. The number of sulfonamides is 1. The molecule has 0 unspecified atom stereocenters. The first-order valence-electron chi connectivity index (χ1n) is 5.91. The van der Waals surface area contributed by atoms with Gasteiger partial charge in [-0.2, -0.15) is 4.31 Å². The lowest BCUT2D eigenvalue weighted by Crippen LogP contribution is -2.36. The van der Waals surface area contributed by atoms with Crippen molar-refractivity contribution < 1.29 is 8.42 Å². The SMILES string of the molecule is CS(=O)(=O)N(Cc1ccccn1)CC1CCC1. The first kappa shape index (κ1) is 12.5. The Morgan fingerprint density at radius 1 is 1.41 bits per heavy atom. The van der Waals surface area contributed by atoms with E-state index in [2.05, 4.69) is 4.98 Å². The number of hydrogen-bond acceptors (Lipinski definition) is 3. The Bertz CT molecular complexity index is 455. The summed E-state index contributed by atoms with van der Waals surface area (Å²) in [5.41, 5.74) is 0.803. The molecule has 1 fully saturated rings. The van der Waals surface area contributed by atoms with Crippen LogP contribution in [0.4, 0.5) is 0 Å². The predicted molar refractivity (Wildman–Crippen MR) is 66.8 cm³/mol. The summed E-state index contributed by atoms with van der Waals surface area (Å²) in [5.74, 6) is 0.536. The minimum atomic E-state index is -3.14. The number of aromatic nitrogens is 1. The van der Waals surface area contributed by atoms with Crippen molar-refractivity contribution in [1.29, 1.82) is 0 Å². The third kappa shape index (κ3) is 3.51. The third-order valence-electron chi connectivity index (χ3n) is 3.22. The van der Waals surface area contributed by atoms with Crippen LogP contribution in [-0.4, -0.2) is 30.5 Å². The molecule has 2 rings (SSSR count). The summed E-state index contributed by atoms with van der Waals surface area (Å²) in [4.78, 5) is 4.18. The van der Waals surface area contributed by atoms with Gasteiger partial charge in [-0.1, -0.05) is 12.5 Å². The molecule has 17 heavy (non-hydrogen) atoms. The van der Waals surface area contributed by atoms with Gasteiger partial charge >= 0.3 is 0 Å². The Labute approximate surface area is 103 Å². The van der Waals surface area contributed by atoms with Gasteiger partial charge in [0.15, 0.2) is 0 Å². The molecule has 0 radical (unpaired) electrons. The minimum absolute atomic E-state index is 0.385. The van der Waals surface area contributed by atoms with Gasteiger partial charge in [0, 0.05) is 12.7 Å². The highest BCUT2D eigenvalue weighted by Crippen LogP contribution is 2.28. The lowest BCUT2D eigenvalue weighted by atomic mass is 9.85. The van der Waals surface area contributed by atoms with E-state index in [0.717, 1.165) is 18.5 Å². The smallest absolute Gasteiger partial charge is 0.211 e. The number of nitrogens with zero attached hydrogens (tertiary/aromatic N) is 2. The van der Waals surface area contributed by atoms with E-state index in [-0.39, 0.29) is 0 Å². The average molecular weight is 254 g/mol. The van der Waals surface area contributed by atoms with E-state index in [1.54, 1.807) is 10.5 Å². The van der Waals surface area contributed by atoms with E-state index >= 15 is 0 Å². The molecule has 0 N–H and O–H groups in total. The molecule has 0 spiro atoms. The van der Waals surface area contributed by atoms with Crippen molar-refractivity contribution in [3.8, 4) is 0 Å². The zero-order valence-electron chi connectivity index (χ0n) is 10.0. The maximum Gasteiger partial charge on any atom is 0.211 e. The molecule has 0 aromatic carbocycles. The number of rotatable bonds is 5. The van der Waals surface area contributed by atoms with E-state index in [0.29, 0.717) is 19.0 Å². The summed E-state index contributed by atoms with van der Waals surface area (Å²) >= 11 is 0. The van der Waals surface area contributed by atoms with Gasteiger partial charge in [0.05, 0.1) is 18.5 Å². The zero-order valence-corrected chi connectivity index (χ0v) is 10.9. The first-order chi connectivity index (χ1) is 8.05. The standard InChI is InChI=1S/C12H18N2O2S/c1-17(15,16)14(9-11-5-4-6-11)10-12-7-2-3-8-13-12/h2-3,7-8,11H,4-6,9-10H2,1H3. The van der Waals surface area contributed by atoms with Gasteiger partial charge < -0.3 is 0 Å². The summed E-state index contributed by atoms with van der Waals surface area (Å²) < 4.78 is 25.0. The van der Waals surface area contributed by atoms with Gasteiger partial charge in [-0.05, 0) is 30.9 Å². The van der Waals surface area contributed by atoms with Crippen LogP contribution in [0.3, 0.4) is 0 Å². The van der Waals surface area contributed by atoms with E-state index < -0.39 is 10.0 Å². The van der Waals surface area contributed by atoms with Crippen molar-refractivity contribution in [3.05, 3.63) is 30.1 Å². The van der Waals surface area contributed by atoms with Crippen molar-refractivity contribution in [2.24, 2.45) is 5.92 Å². The van der Waals surface area contributed by atoms with Crippen molar-refractivity contribution in [2.75, 3.05) is 12.8 Å². The van der Waals surface area contributed by atoms with E-state index in [1.165, 1.54) is 12.7 Å². The number of pyridine rings is 1. The second-order valence-corrected chi connectivity index (χ2v) is 6.66. The van der Waals surface area contributed by atoms with Crippen LogP contribution in [0.15, 0.2) is 24.4 Å². The van der Waals surface area contributed by atoms with Crippen LogP contribution in [-0.2, 0) is 16.6 Å². The molecule has 0 bridgehead atoms. The highest BCUT2D eigenvalue weighted by Gasteiger charge is 2.25. The molecular weight excluding hydrogens is 236 g/mol. The van der Waals surface area contributed by atoms with Crippen LogP contribution in [0.25, 0.3) is 0 Å². The lowest BCUT2D eigenvalue weighted by Gasteiger charge is -2.30. The number of hydrogen-bond donors (Lipinski definition) is 0. The molecule has 94 valence electrons. The van der Waals surface area contributed by atoms with Gasteiger partial charge in [-0.25, -0.2) is 8.42 Å². The fourth-order valence-electron chi connectivity index (χ4n) is 1.95. The summed E-state index contributed by atoms with van der Waals surface area (Å²) in [5, 5.41) is 0. The van der Waals surface area contributed by atoms with Gasteiger partial charge in [0.25, 0.3) is 0 Å². The quantitative estimate of drug-likeness (QED) is 0.802. The van der Waals surface area contributed by atoms with Gasteiger partial charge in [0.1, 0.15) is 0 Å². The van der Waals surface area contributed by atoms with E-state index in [4.69, 9.17) is 0 Å². The molecule has 1 aromatic heterocycles. The van der Waals surface area contributed by atoms with Crippen molar-refractivity contribution in [2.45, 2.75) is 25.8 Å². The maximum absolute atomic E-state index is 11.7. The Morgan fingerprint density at radius 2 is 2.18 bits per heavy atom. The molecule has 5 heteroatoms. The minimum Gasteiger partial charge on any atom is -0.260 e. The molecule has 0 amide bonds. The Balaban J connectivity index is 2.05. The molecule has 1 heterocycles. The largest absolute Gasteiger partial charge is 0.260 e. The average Bonchev–Trinajstić information content (AvgIpc) is 2.21. The highest BCUT2D eigenvalue weighted by atomic mass is 32.2. The molecule has 1 aromatic rings. The van der Waals surface area contributed by atoms with E-state index in [1.807, 2.05) is 18.2 Å². The molecule has 4 nitrogen and oxygen atoms in total. The van der Waals surface area contributed by atoms with E-state index in [9.17, 15) is 8.42 Å². The molecule has 0 saturated heterocycles. The molecule has 1 aliphatic rings. The Kier molecular flexibility index (Phi) is 3.79. The van der Waals surface area contributed by atoms with Crippen molar-refractivity contribution >= 4 is 10.0 Å². The summed E-state index contributed by atoms with van der Waals surface area (Å²) in [7, 11) is -3.14. The summed E-state index contributed by atoms with van der Waals surface area (Å²) in [6, 6.07) is 5.57. The topological polar surface area (TPSA) is 50.3 Å². The molecule has 0 aliphatic heterocycles. The van der Waals surface area contributed by atoms with Crippen molar-refractivity contribution in [3.63, 3.8) is 0 Å². The van der Waals surface area contributed by atoms with Crippen LogP contribution in [0, 0.1) is 5.92 Å². The Morgan fingerprint density at radius 3 is 2.65 bits per heavy atom. The van der Waals surface area contributed by atoms with Crippen LogP contribution in [0.5, 0.6) is 0 Å². The fourth-order valence-corrected chi connectivity index (χ4v) is 2.80. The Hall–Kier alpha value is -0.940. The normalized spacial score (nSPS) is 17.1. The molecule has 1 aliphatic carbocycles. The molecule has 1 saturated carbocycles. The van der Waals surface area contributed by atoms with Crippen LogP contribution >= 0.6 is 0 Å². The van der Waals surface area contributed by atoms with Gasteiger partial charge in [0.2, 0.25) is 10.0 Å². The fraction of sp³-hybridized carbons (Fsp3) is 0.583. The van der Waals surface area contributed by atoms with Gasteiger partial charge in [-0.3, -0.25) is 4.98 Å². The second-order valence-electron chi connectivity index (χ2n) is 4.67. The second kappa shape index (κ2) is 5.14. The molecule has 0 atom stereocenters. The lowest BCUT2D eigenvalue weighted by molar-refractivity contribution is 0.242. The predicted octanol–water partition coefficient (Wildman–Crippen LogP) is 1.64. The first-order valence-corrected chi connectivity index (χ1v) is 7.75.